The van der Waals surface area contributed by atoms with Crippen LogP contribution in [0.3, 0.4) is 0 Å². The average Bonchev–Trinajstić information content (AvgIpc) is 3.61. The maximum absolute atomic E-state index is 13.7. The van der Waals surface area contributed by atoms with E-state index in [0.717, 1.165) is 46.0 Å². The summed E-state index contributed by atoms with van der Waals surface area (Å²) < 4.78 is 41.4. The van der Waals surface area contributed by atoms with Crippen LogP contribution in [0.25, 0.3) is 17.0 Å². The first-order valence-electron chi connectivity index (χ1n) is 14.6. The van der Waals surface area contributed by atoms with Crippen molar-refractivity contribution in [2.45, 2.75) is 44.4 Å². The number of benzene rings is 2. The summed E-state index contributed by atoms with van der Waals surface area (Å²) in [5, 5.41) is 8.51. The SMILES string of the molecule is Cc1nn(-c2ccccc2)c2c1[C@H](c1ccc(-c3ccc(S(=O)(=O)N4CCOCC4)cc3)o1)C1=C(CC(C)(C)CC1=O)N2. The topological polar surface area (TPSA) is 107 Å². The Hall–Kier alpha value is -3.99. The number of nitrogens with one attached hydrogen (secondary N) is 1. The molecule has 0 amide bonds. The molecule has 2 aromatic carbocycles. The van der Waals surface area contributed by atoms with Crippen LogP contribution >= 0.6 is 0 Å². The van der Waals surface area contributed by atoms with Crippen molar-refractivity contribution in [1.82, 2.24) is 14.1 Å². The van der Waals surface area contributed by atoms with Gasteiger partial charge in [-0.25, -0.2) is 13.1 Å². The number of carbonyl (C=O) groups is 1. The van der Waals surface area contributed by atoms with E-state index in [2.05, 4.69) is 19.2 Å². The Labute approximate surface area is 251 Å². The number of ether oxygens (including phenoxy) is 1. The number of anilines is 1. The van der Waals surface area contributed by atoms with Gasteiger partial charge >= 0.3 is 0 Å². The van der Waals surface area contributed by atoms with Crippen molar-refractivity contribution in [1.29, 1.82) is 0 Å². The van der Waals surface area contributed by atoms with Gasteiger partial charge in [0.15, 0.2) is 5.78 Å². The monoisotopic (exact) mass is 598 g/mol. The standard InChI is InChI=1S/C33H34N4O5S/c1-21-29-31(28-14-13-27(42-28)22-9-11-24(12-10-22)43(39,40)36-15-17-41-18-16-36)30-25(19-33(2,3)20-26(30)38)34-32(29)37(35-21)23-7-5-4-6-8-23/h4-14,31,34H,15-20H2,1-3H3/t31-/m0/s1. The van der Waals surface area contributed by atoms with Gasteiger partial charge in [-0.2, -0.15) is 9.40 Å². The molecule has 1 aliphatic carbocycles. The molecular formula is C33H34N4O5S. The Kier molecular flexibility index (Phi) is 6.68. The first kappa shape index (κ1) is 27.8. The highest BCUT2D eigenvalue weighted by Gasteiger charge is 2.44. The number of Topliss-reactive ketones (excluding diaryl/α,β-unsaturated/α-hetero) is 1. The van der Waals surface area contributed by atoms with E-state index in [1.54, 1.807) is 24.3 Å². The number of sulfonamides is 1. The largest absolute Gasteiger partial charge is 0.460 e. The fourth-order valence-corrected chi connectivity index (χ4v) is 7.91. The molecule has 1 fully saturated rings. The lowest BCUT2D eigenvalue weighted by atomic mass is 9.70. The smallest absolute Gasteiger partial charge is 0.243 e. The summed E-state index contributed by atoms with van der Waals surface area (Å²) in [7, 11) is -3.60. The highest BCUT2D eigenvalue weighted by Crippen LogP contribution is 2.51. The predicted octanol–water partition coefficient (Wildman–Crippen LogP) is 5.66. The van der Waals surface area contributed by atoms with Gasteiger partial charge in [-0.3, -0.25) is 4.79 Å². The molecule has 1 atom stereocenters. The normalized spacial score (nSPS) is 20.4. The summed E-state index contributed by atoms with van der Waals surface area (Å²) in [4.78, 5) is 14.0. The summed E-state index contributed by atoms with van der Waals surface area (Å²) in [6.45, 7) is 7.69. The van der Waals surface area contributed by atoms with Gasteiger partial charge in [-0.1, -0.05) is 32.0 Å². The molecule has 10 heteroatoms. The Morgan fingerprint density at radius 1 is 0.953 bits per heavy atom. The predicted molar refractivity (Wildman–Crippen MR) is 163 cm³/mol. The molecule has 1 saturated heterocycles. The lowest BCUT2D eigenvalue weighted by molar-refractivity contribution is -0.118. The number of aromatic nitrogens is 2. The van der Waals surface area contributed by atoms with Gasteiger partial charge in [0.05, 0.1) is 35.4 Å². The Bertz CT molecular complexity index is 1850. The zero-order valence-electron chi connectivity index (χ0n) is 24.5. The Balaban J connectivity index is 1.28. The van der Waals surface area contributed by atoms with Gasteiger partial charge in [0.1, 0.15) is 17.3 Å². The second-order valence-corrected chi connectivity index (χ2v) is 14.2. The number of hydrogen-bond acceptors (Lipinski definition) is 7. The third-order valence-corrected chi connectivity index (χ3v) is 10.4. The fourth-order valence-electron chi connectivity index (χ4n) is 6.50. The van der Waals surface area contributed by atoms with Crippen LogP contribution in [0.4, 0.5) is 5.82 Å². The van der Waals surface area contributed by atoms with Crippen molar-refractivity contribution in [3.05, 3.63) is 95.0 Å². The highest BCUT2D eigenvalue weighted by atomic mass is 32.2. The molecule has 0 radical (unpaired) electrons. The van der Waals surface area contributed by atoms with Crippen LogP contribution in [0.2, 0.25) is 0 Å². The molecule has 3 aliphatic rings. The summed E-state index contributed by atoms with van der Waals surface area (Å²) >= 11 is 0. The van der Waals surface area contributed by atoms with Crippen molar-refractivity contribution in [2.75, 3.05) is 31.6 Å². The average molecular weight is 599 g/mol. The minimum Gasteiger partial charge on any atom is -0.460 e. The van der Waals surface area contributed by atoms with Crippen LogP contribution in [0, 0.1) is 12.3 Å². The zero-order valence-corrected chi connectivity index (χ0v) is 25.3. The number of aryl methyl sites for hydroxylation is 1. The minimum absolute atomic E-state index is 0.108. The number of fused-ring (bicyclic) bond motifs is 1. The fraction of sp³-hybridized carbons (Fsp3) is 0.333. The number of ketones is 1. The molecule has 2 aliphatic heterocycles. The number of morpholine rings is 1. The maximum atomic E-state index is 13.7. The third kappa shape index (κ3) is 4.83. The van der Waals surface area contributed by atoms with Crippen LogP contribution in [0.5, 0.6) is 0 Å². The van der Waals surface area contributed by atoms with Crippen LogP contribution in [-0.2, 0) is 19.6 Å². The molecule has 7 rings (SSSR count). The number of rotatable bonds is 5. The lowest BCUT2D eigenvalue weighted by Crippen LogP contribution is -2.40. The Morgan fingerprint density at radius 3 is 2.40 bits per heavy atom. The van der Waals surface area contributed by atoms with Gasteiger partial charge in [0.2, 0.25) is 10.0 Å². The summed E-state index contributed by atoms with van der Waals surface area (Å²) in [6, 6.07) is 20.5. The number of hydrogen-bond donors (Lipinski definition) is 1. The van der Waals surface area contributed by atoms with E-state index in [4.69, 9.17) is 14.3 Å². The third-order valence-electron chi connectivity index (χ3n) is 8.53. The van der Waals surface area contributed by atoms with Gasteiger partial charge in [0.25, 0.3) is 0 Å². The van der Waals surface area contributed by atoms with Crippen LogP contribution in [0.15, 0.2) is 87.3 Å². The van der Waals surface area contributed by atoms with E-state index in [9.17, 15) is 13.2 Å². The number of para-hydroxylation sites is 1. The summed E-state index contributed by atoms with van der Waals surface area (Å²) in [6.07, 6.45) is 1.19. The lowest BCUT2D eigenvalue weighted by Gasteiger charge is -2.38. The molecule has 0 bridgehead atoms. The first-order valence-corrected chi connectivity index (χ1v) is 16.0. The molecular weight excluding hydrogens is 564 g/mol. The molecule has 0 unspecified atom stereocenters. The number of furan rings is 1. The molecule has 1 N–H and O–H groups in total. The quantitative estimate of drug-likeness (QED) is 0.316. The molecule has 4 aromatic rings. The second kappa shape index (κ2) is 10.3. The van der Waals surface area contributed by atoms with Gasteiger partial charge in [0, 0.05) is 41.9 Å². The van der Waals surface area contributed by atoms with Gasteiger partial charge < -0.3 is 14.5 Å². The van der Waals surface area contributed by atoms with Crippen molar-refractivity contribution in [2.24, 2.45) is 5.41 Å². The number of carbonyl (C=O) groups excluding carboxylic acids is 1. The zero-order chi connectivity index (χ0) is 29.9. The molecule has 43 heavy (non-hydrogen) atoms. The van der Waals surface area contributed by atoms with E-state index in [0.29, 0.717) is 44.2 Å². The number of nitrogens with zero attached hydrogens (tertiary/aromatic N) is 3. The molecule has 9 nitrogen and oxygen atoms in total. The molecule has 222 valence electrons. The first-order chi connectivity index (χ1) is 20.6. The van der Waals surface area contributed by atoms with Gasteiger partial charge in [-0.15, -0.1) is 0 Å². The summed E-state index contributed by atoms with van der Waals surface area (Å²) in [5.74, 6) is 1.79. The molecule has 4 heterocycles. The van der Waals surface area contributed by atoms with Crippen molar-refractivity contribution in [3.8, 4) is 17.0 Å². The van der Waals surface area contributed by atoms with Crippen molar-refractivity contribution in [3.63, 3.8) is 0 Å². The Morgan fingerprint density at radius 2 is 1.67 bits per heavy atom. The molecule has 0 saturated carbocycles. The van der Waals surface area contributed by atoms with E-state index < -0.39 is 15.9 Å². The van der Waals surface area contributed by atoms with Crippen molar-refractivity contribution >= 4 is 21.6 Å². The van der Waals surface area contributed by atoms with Crippen LogP contribution < -0.4 is 5.32 Å². The maximum Gasteiger partial charge on any atom is 0.243 e. The van der Waals surface area contributed by atoms with Gasteiger partial charge in [-0.05, 0) is 67.3 Å². The van der Waals surface area contributed by atoms with E-state index >= 15 is 0 Å². The van der Waals surface area contributed by atoms with E-state index in [1.807, 2.05) is 54.1 Å². The summed E-state index contributed by atoms with van der Waals surface area (Å²) in [5.41, 5.74) is 4.88. The molecule has 0 spiro atoms. The number of allylic oxidation sites excluding steroid dienone is 2. The van der Waals surface area contributed by atoms with Crippen molar-refractivity contribution < 1.29 is 22.4 Å². The van der Waals surface area contributed by atoms with Crippen LogP contribution in [-0.4, -0.2) is 54.6 Å². The molecule has 2 aromatic heterocycles. The second-order valence-electron chi connectivity index (χ2n) is 12.2. The van der Waals surface area contributed by atoms with E-state index in [-0.39, 0.29) is 16.1 Å². The van der Waals surface area contributed by atoms with Crippen LogP contribution in [0.1, 0.15) is 49.6 Å². The van der Waals surface area contributed by atoms with E-state index in [1.165, 1.54) is 4.31 Å². The minimum atomic E-state index is -3.60. The highest BCUT2D eigenvalue weighted by molar-refractivity contribution is 7.89.